The van der Waals surface area contributed by atoms with Crippen LogP contribution in [-0.4, -0.2) is 18.8 Å². The van der Waals surface area contributed by atoms with Gasteiger partial charge in [0.05, 0.1) is 6.54 Å². The van der Waals surface area contributed by atoms with Crippen LogP contribution in [0.1, 0.15) is 19.3 Å². The molecule has 0 aromatic heterocycles. The minimum Gasteiger partial charge on any atom is -0.211 e. The highest BCUT2D eigenvalue weighted by Gasteiger charge is 2.25. The fourth-order valence-corrected chi connectivity index (χ4v) is 0.562. The number of carbonyl (C=O) groups excluding carboxylic acids is 1. The quantitative estimate of drug-likeness (QED) is 0.358. The van der Waals surface area contributed by atoms with E-state index >= 15 is 0 Å². The summed E-state index contributed by atoms with van der Waals surface area (Å²) in [5.41, 5.74) is 0. The fraction of sp³-hybridized carbons (Fsp3) is 0.833. The Morgan fingerprint density at radius 2 is 1.91 bits per heavy atom. The van der Waals surface area contributed by atoms with E-state index in [-0.39, 0.29) is 19.4 Å². The molecule has 11 heavy (non-hydrogen) atoms. The molecule has 0 fully saturated rings. The Balaban J connectivity index is 3.21. The number of rotatable bonds is 4. The van der Waals surface area contributed by atoms with E-state index < -0.39 is 12.6 Å². The van der Waals surface area contributed by atoms with Gasteiger partial charge in [-0.1, -0.05) is 0 Å². The van der Waals surface area contributed by atoms with Gasteiger partial charge < -0.3 is 0 Å². The molecule has 0 N–H and O–H groups in total. The summed E-state index contributed by atoms with van der Waals surface area (Å²) < 4.78 is 34.4. The van der Waals surface area contributed by atoms with Crippen LogP contribution in [-0.2, 0) is 4.79 Å². The van der Waals surface area contributed by atoms with E-state index in [1.54, 1.807) is 0 Å². The van der Waals surface area contributed by atoms with Crippen molar-refractivity contribution in [3.8, 4) is 0 Å². The fourth-order valence-electron chi connectivity index (χ4n) is 0.562. The third-order valence-corrected chi connectivity index (χ3v) is 1.04. The van der Waals surface area contributed by atoms with Crippen molar-refractivity contribution < 1.29 is 18.0 Å². The van der Waals surface area contributed by atoms with Crippen LogP contribution in [0, 0.1) is 0 Å². The van der Waals surface area contributed by atoms with Gasteiger partial charge >= 0.3 is 6.18 Å². The van der Waals surface area contributed by atoms with E-state index in [1.807, 2.05) is 0 Å². The van der Waals surface area contributed by atoms with Crippen LogP contribution >= 0.6 is 0 Å². The second-order valence-corrected chi connectivity index (χ2v) is 2.05. The van der Waals surface area contributed by atoms with Crippen molar-refractivity contribution in [2.24, 2.45) is 4.99 Å². The lowest BCUT2D eigenvalue weighted by Gasteiger charge is -2.03. The summed E-state index contributed by atoms with van der Waals surface area (Å²) >= 11 is 0. The van der Waals surface area contributed by atoms with E-state index in [4.69, 9.17) is 0 Å². The van der Waals surface area contributed by atoms with Gasteiger partial charge in [0, 0.05) is 6.42 Å². The van der Waals surface area contributed by atoms with E-state index in [0.717, 1.165) is 0 Å². The first kappa shape index (κ1) is 10.2. The SMILES string of the molecule is O=C=NCCCCC(F)(F)F. The van der Waals surface area contributed by atoms with Crippen LogP contribution in [0.15, 0.2) is 4.99 Å². The van der Waals surface area contributed by atoms with Gasteiger partial charge in [0.25, 0.3) is 0 Å². The molecule has 0 bridgehead atoms. The molecular weight excluding hydrogens is 159 g/mol. The molecule has 0 spiro atoms. The first-order valence-electron chi connectivity index (χ1n) is 3.16. The average molecular weight is 167 g/mol. The Morgan fingerprint density at radius 3 is 2.36 bits per heavy atom. The topological polar surface area (TPSA) is 29.4 Å². The van der Waals surface area contributed by atoms with Gasteiger partial charge in [0.2, 0.25) is 6.08 Å². The summed E-state index contributed by atoms with van der Waals surface area (Å²) in [6.07, 6.45) is -3.33. The normalized spacial score (nSPS) is 10.8. The van der Waals surface area contributed by atoms with Gasteiger partial charge in [-0.25, -0.2) is 9.79 Å². The van der Waals surface area contributed by atoms with Crippen molar-refractivity contribution in [3.63, 3.8) is 0 Å². The number of halogens is 3. The molecule has 64 valence electrons. The Kier molecular flexibility index (Phi) is 4.54. The summed E-state index contributed by atoms with van der Waals surface area (Å²) in [5.74, 6) is 0. The van der Waals surface area contributed by atoms with Gasteiger partial charge in [-0.3, -0.25) is 0 Å². The maximum atomic E-state index is 11.5. The van der Waals surface area contributed by atoms with Gasteiger partial charge in [-0.15, -0.1) is 0 Å². The van der Waals surface area contributed by atoms with E-state index in [1.165, 1.54) is 6.08 Å². The van der Waals surface area contributed by atoms with Crippen molar-refractivity contribution in [2.75, 3.05) is 6.54 Å². The molecule has 0 aromatic carbocycles. The van der Waals surface area contributed by atoms with E-state index in [9.17, 15) is 18.0 Å². The van der Waals surface area contributed by atoms with Gasteiger partial charge in [-0.05, 0) is 12.8 Å². The Labute approximate surface area is 62.1 Å². The molecule has 0 amide bonds. The van der Waals surface area contributed by atoms with Crippen molar-refractivity contribution in [3.05, 3.63) is 0 Å². The Morgan fingerprint density at radius 1 is 1.27 bits per heavy atom. The average Bonchev–Trinajstić information content (AvgIpc) is 1.85. The molecular formula is C6H8F3NO. The standard InChI is InChI=1S/C6H8F3NO/c7-6(8,9)3-1-2-4-10-5-11/h1-4H2. The van der Waals surface area contributed by atoms with Crippen LogP contribution in [0.4, 0.5) is 13.2 Å². The Bertz CT molecular complexity index is 148. The number of nitrogens with zero attached hydrogens (tertiary/aromatic N) is 1. The zero-order valence-corrected chi connectivity index (χ0v) is 5.82. The zero-order valence-electron chi connectivity index (χ0n) is 5.82. The second-order valence-electron chi connectivity index (χ2n) is 2.05. The lowest BCUT2D eigenvalue weighted by atomic mass is 10.2. The predicted molar refractivity (Wildman–Crippen MR) is 32.9 cm³/mol. The molecule has 0 unspecified atom stereocenters. The smallest absolute Gasteiger partial charge is 0.211 e. The molecule has 0 aromatic rings. The number of alkyl halides is 3. The lowest BCUT2D eigenvalue weighted by Crippen LogP contribution is -2.06. The molecule has 0 heterocycles. The minimum atomic E-state index is -4.09. The van der Waals surface area contributed by atoms with Crippen LogP contribution in [0.2, 0.25) is 0 Å². The third kappa shape index (κ3) is 9.17. The van der Waals surface area contributed by atoms with Crippen molar-refractivity contribution in [2.45, 2.75) is 25.4 Å². The van der Waals surface area contributed by atoms with E-state index in [2.05, 4.69) is 4.99 Å². The molecule has 0 saturated carbocycles. The minimum absolute atomic E-state index is 0.0225. The zero-order chi connectivity index (χ0) is 8.74. The summed E-state index contributed by atoms with van der Waals surface area (Å²) in [7, 11) is 0. The maximum Gasteiger partial charge on any atom is 0.389 e. The highest BCUT2D eigenvalue weighted by Crippen LogP contribution is 2.21. The number of aliphatic imine (C=N–C) groups is 1. The van der Waals surface area contributed by atoms with E-state index in [0.29, 0.717) is 0 Å². The monoisotopic (exact) mass is 167 g/mol. The van der Waals surface area contributed by atoms with Crippen LogP contribution in [0.5, 0.6) is 0 Å². The van der Waals surface area contributed by atoms with Gasteiger partial charge in [0.15, 0.2) is 0 Å². The number of hydrogen-bond acceptors (Lipinski definition) is 2. The number of unbranched alkanes of at least 4 members (excludes halogenated alkanes) is 1. The van der Waals surface area contributed by atoms with Crippen molar-refractivity contribution in [1.82, 2.24) is 0 Å². The number of hydrogen-bond donors (Lipinski definition) is 0. The van der Waals surface area contributed by atoms with Crippen LogP contribution in [0.25, 0.3) is 0 Å². The molecule has 5 heteroatoms. The lowest BCUT2D eigenvalue weighted by molar-refractivity contribution is -0.135. The molecule has 2 nitrogen and oxygen atoms in total. The summed E-state index contributed by atoms with van der Waals surface area (Å²) in [4.78, 5) is 12.6. The molecule has 0 aliphatic carbocycles. The highest BCUT2D eigenvalue weighted by molar-refractivity contribution is 5.32. The molecule has 0 aliphatic heterocycles. The maximum absolute atomic E-state index is 11.5. The summed E-state index contributed by atoms with van der Waals surface area (Å²) in [6.45, 7) is 0.138. The van der Waals surface area contributed by atoms with Crippen LogP contribution in [0.3, 0.4) is 0 Å². The predicted octanol–water partition coefficient (Wildman–Crippen LogP) is 2.05. The molecule has 0 saturated heterocycles. The van der Waals surface area contributed by atoms with Crippen molar-refractivity contribution in [1.29, 1.82) is 0 Å². The molecule has 0 atom stereocenters. The van der Waals surface area contributed by atoms with Gasteiger partial charge in [-0.2, -0.15) is 13.2 Å². The first-order chi connectivity index (χ1) is 5.06. The largest absolute Gasteiger partial charge is 0.389 e. The van der Waals surface area contributed by atoms with Crippen molar-refractivity contribution >= 4 is 6.08 Å². The third-order valence-electron chi connectivity index (χ3n) is 1.04. The molecule has 0 rings (SSSR count). The van der Waals surface area contributed by atoms with Crippen LogP contribution < -0.4 is 0 Å². The number of isocyanates is 1. The summed E-state index contributed by atoms with van der Waals surface area (Å²) in [5, 5.41) is 0. The highest BCUT2D eigenvalue weighted by atomic mass is 19.4. The Hall–Kier alpha value is -0.830. The first-order valence-corrected chi connectivity index (χ1v) is 3.16. The van der Waals surface area contributed by atoms with Gasteiger partial charge in [0.1, 0.15) is 0 Å². The summed E-state index contributed by atoms with van der Waals surface area (Å²) in [6, 6.07) is 0. The second kappa shape index (κ2) is 4.91. The molecule has 0 radical (unpaired) electrons. The molecule has 0 aliphatic rings.